The van der Waals surface area contributed by atoms with Crippen LogP contribution in [0.4, 0.5) is 5.69 Å². The van der Waals surface area contributed by atoms with Crippen molar-refractivity contribution in [3.8, 4) is 17.6 Å². The van der Waals surface area contributed by atoms with E-state index < -0.39 is 0 Å². The van der Waals surface area contributed by atoms with Gasteiger partial charge in [0.15, 0.2) is 0 Å². The van der Waals surface area contributed by atoms with Gasteiger partial charge in [-0.2, -0.15) is 5.26 Å². The second-order valence-electron chi connectivity index (χ2n) is 5.97. The molecule has 2 aromatic rings. The van der Waals surface area contributed by atoms with Crippen LogP contribution in [0.15, 0.2) is 48.5 Å². The number of nitrogens with one attached hydrogen (secondary N) is 1. The third-order valence-electron chi connectivity index (χ3n) is 4.09. The highest BCUT2D eigenvalue weighted by atomic mass is 16.5. The lowest BCUT2D eigenvalue weighted by Crippen LogP contribution is -2.32. The number of amides is 3. The summed E-state index contributed by atoms with van der Waals surface area (Å²) >= 11 is 0. The molecule has 0 aliphatic carbocycles. The summed E-state index contributed by atoms with van der Waals surface area (Å²) in [5, 5.41) is 11.8. The summed E-state index contributed by atoms with van der Waals surface area (Å²) in [5.74, 6) is 0.241. The van der Waals surface area contributed by atoms with Gasteiger partial charge >= 0.3 is 0 Å². The van der Waals surface area contributed by atoms with Gasteiger partial charge in [0.05, 0.1) is 5.56 Å². The summed E-state index contributed by atoms with van der Waals surface area (Å²) in [5.41, 5.74) is 1.00. The summed E-state index contributed by atoms with van der Waals surface area (Å²) < 4.78 is 5.68. The van der Waals surface area contributed by atoms with Crippen molar-refractivity contribution in [1.82, 2.24) is 4.90 Å². The maximum absolute atomic E-state index is 12.0. The minimum absolute atomic E-state index is 0.0469. The summed E-state index contributed by atoms with van der Waals surface area (Å²) in [6.45, 7) is 0.0929. The highest BCUT2D eigenvalue weighted by Crippen LogP contribution is 2.25. The predicted octanol–water partition coefficient (Wildman–Crippen LogP) is 2.83. The highest BCUT2D eigenvalue weighted by molar-refractivity contribution is 6.02. The molecule has 0 spiro atoms. The Morgan fingerprint density at radius 2 is 1.74 bits per heavy atom. The smallest absolute Gasteiger partial charge is 0.229 e. The van der Waals surface area contributed by atoms with Gasteiger partial charge in [-0.05, 0) is 36.4 Å². The lowest BCUT2D eigenvalue weighted by molar-refractivity contribution is -0.138. The van der Waals surface area contributed by atoms with Gasteiger partial charge in [0.1, 0.15) is 17.6 Å². The number of rotatable bonds is 6. The molecule has 0 atom stereocenters. The van der Waals surface area contributed by atoms with Crippen LogP contribution in [0.1, 0.15) is 24.8 Å². The van der Waals surface area contributed by atoms with E-state index in [1.54, 1.807) is 48.5 Å². The summed E-state index contributed by atoms with van der Waals surface area (Å²) in [6, 6.07) is 15.7. The van der Waals surface area contributed by atoms with E-state index in [2.05, 4.69) is 11.4 Å². The molecule has 7 nitrogen and oxygen atoms in total. The molecule has 27 heavy (non-hydrogen) atoms. The molecule has 1 saturated heterocycles. The van der Waals surface area contributed by atoms with Crippen LogP contribution in [0.25, 0.3) is 0 Å². The molecule has 1 fully saturated rings. The number of benzene rings is 2. The first kappa shape index (κ1) is 18.1. The second-order valence-corrected chi connectivity index (χ2v) is 5.97. The molecule has 3 rings (SSSR count). The van der Waals surface area contributed by atoms with E-state index in [9.17, 15) is 14.4 Å². The van der Waals surface area contributed by atoms with E-state index >= 15 is 0 Å². The molecule has 1 heterocycles. The fourth-order valence-corrected chi connectivity index (χ4v) is 2.69. The Morgan fingerprint density at radius 1 is 1.07 bits per heavy atom. The lowest BCUT2D eigenvalue weighted by Gasteiger charge is -2.13. The zero-order valence-corrected chi connectivity index (χ0v) is 14.5. The highest BCUT2D eigenvalue weighted by Gasteiger charge is 2.28. The van der Waals surface area contributed by atoms with Gasteiger partial charge in [0.25, 0.3) is 0 Å². The minimum atomic E-state index is -0.286. The van der Waals surface area contributed by atoms with Crippen molar-refractivity contribution < 1.29 is 19.1 Å². The van der Waals surface area contributed by atoms with Gasteiger partial charge in [0.2, 0.25) is 17.7 Å². The Kier molecular flexibility index (Phi) is 5.47. The summed E-state index contributed by atoms with van der Waals surface area (Å²) in [7, 11) is 0. The van der Waals surface area contributed by atoms with E-state index in [0.29, 0.717) is 22.7 Å². The molecular weight excluding hydrogens is 346 g/mol. The number of para-hydroxylation sites is 1. The van der Waals surface area contributed by atoms with Crippen molar-refractivity contribution in [1.29, 1.82) is 5.26 Å². The van der Waals surface area contributed by atoms with Crippen LogP contribution in [0, 0.1) is 11.3 Å². The Balaban J connectivity index is 1.54. The molecule has 136 valence electrons. The Hall–Kier alpha value is -3.66. The average molecular weight is 363 g/mol. The zero-order chi connectivity index (χ0) is 19.2. The molecule has 3 amide bonds. The van der Waals surface area contributed by atoms with Crippen LogP contribution in [0.5, 0.6) is 11.5 Å². The van der Waals surface area contributed by atoms with E-state index in [1.807, 2.05) is 0 Å². The zero-order valence-electron chi connectivity index (χ0n) is 14.5. The van der Waals surface area contributed by atoms with Crippen molar-refractivity contribution in [3.05, 3.63) is 54.1 Å². The normalized spacial score (nSPS) is 13.4. The number of nitrogens with zero attached hydrogens (tertiary/aromatic N) is 2. The first-order valence-corrected chi connectivity index (χ1v) is 8.47. The van der Waals surface area contributed by atoms with Crippen molar-refractivity contribution in [3.63, 3.8) is 0 Å². The number of hydrogen-bond acceptors (Lipinski definition) is 5. The predicted molar refractivity (Wildman–Crippen MR) is 96.9 cm³/mol. The number of carbonyl (C=O) groups is 3. The third-order valence-corrected chi connectivity index (χ3v) is 4.09. The molecule has 0 saturated carbocycles. The maximum Gasteiger partial charge on any atom is 0.229 e. The Morgan fingerprint density at radius 3 is 2.41 bits per heavy atom. The largest absolute Gasteiger partial charge is 0.456 e. The minimum Gasteiger partial charge on any atom is -0.456 e. The number of likely N-dealkylation sites (tertiary alicyclic amines) is 1. The van der Waals surface area contributed by atoms with Gasteiger partial charge in [0, 0.05) is 31.5 Å². The molecule has 0 radical (unpaired) electrons. The van der Waals surface area contributed by atoms with E-state index in [1.165, 1.54) is 0 Å². The number of hydrogen-bond donors (Lipinski definition) is 1. The molecule has 0 aromatic heterocycles. The van der Waals surface area contributed by atoms with Gasteiger partial charge < -0.3 is 10.1 Å². The van der Waals surface area contributed by atoms with Crippen LogP contribution < -0.4 is 10.1 Å². The van der Waals surface area contributed by atoms with Crippen molar-refractivity contribution in [2.45, 2.75) is 19.3 Å². The fraction of sp³-hybridized carbons (Fsp3) is 0.200. The monoisotopic (exact) mass is 363 g/mol. The molecule has 0 unspecified atom stereocenters. The summed E-state index contributed by atoms with van der Waals surface area (Å²) in [4.78, 5) is 36.2. The molecule has 2 aromatic carbocycles. The molecule has 1 aliphatic rings. The fourth-order valence-electron chi connectivity index (χ4n) is 2.69. The number of anilines is 1. The van der Waals surface area contributed by atoms with Gasteiger partial charge in [-0.3, -0.25) is 19.3 Å². The quantitative estimate of drug-likeness (QED) is 0.796. The van der Waals surface area contributed by atoms with Gasteiger partial charge in [-0.25, -0.2) is 0 Å². The summed E-state index contributed by atoms with van der Waals surface area (Å²) in [6.07, 6.45) is 0.485. The molecule has 7 heteroatoms. The van der Waals surface area contributed by atoms with Crippen LogP contribution >= 0.6 is 0 Å². The Labute approximate surface area is 156 Å². The number of imide groups is 1. The number of carbonyl (C=O) groups excluding carboxylic acids is 3. The standard InChI is InChI=1S/C20H17N3O4/c21-13-14-3-1-2-4-17(14)27-16-7-5-15(6-8-16)22-18(24)11-12-23-19(25)9-10-20(23)26/h1-8H,9-12H2,(H,22,24). The molecule has 1 aliphatic heterocycles. The van der Waals surface area contributed by atoms with Gasteiger partial charge in [-0.15, -0.1) is 0 Å². The van der Waals surface area contributed by atoms with Crippen LogP contribution in [-0.4, -0.2) is 29.2 Å². The first-order chi connectivity index (χ1) is 13.1. The maximum atomic E-state index is 12.0. The average Bonchev–Trinajstić information content (AvgIpc) is 3.00. The van der Waals surface area contributed by atoms with Crippen LogP contribution in [0.3, 0.4) is 0 Å². The van der Waals surface area contributed by atoms with Crippen LogP contribution in [-0.2, 0) is 14.4 Å². The van der Waals surface area contributed by atoms with E-state index in [0.717, 1.165) is 4.90 Å². The Bertz CT molecular complexity index is 900. The van der Waals surface area contributed by atoms with Crippen LogP contribution in [0.2, 0.25) is 0 Å². The lowest BCUT2D eigenvalue weighted by atomic mass is 10.2. The first-order valence-electron chi connectivity index (χ1n) is 8.47. The number of ether oxygens (including phenoxy) is 1. The SMILES string of the molecule is N#Cc1ccccc1Oc1ccc(NC(=O)CCN2C(=O)CCC2=O)cc1. The van der Waals surface area contributed by atoms with Crippen molar-refractivity contribution in [2.75, 3.05) is 11.9 Å². The van der Waals surface area contributed by atoms with Gasteiger partial charge in [-0.1, -0.05) is 12.1 Å². The third kappa shape index (κ3) is 4.50. The number of nitriles is 1. The molecule has 1 N–H and O–H groups in total. The second kappa shape index (κ2) is 8.15. The molecular formula is C20H17N3O4. The molecule has 0 bridgehead atoms. The van der Waals surface area contributed by atoms with Crippen molar-refractivity contribution >= 4 is 23.4 Å². The van der Waals surface area contributed by atoms with Crippen molar-refractivity contribution in [2.24, 2.45) is 0 Å². The van der Waals surface area contributed by atoms with E-state index in [4.69, 9.17) is 10.00 Å². The van der Waals surface area contributed by atoms with E-state index in [-0.39, 0.29) is 43.5 Å². The topological polar surface area (TPSA) is 99.5 Å².